The van der Waals surface area contributed by atoms with Crippen molar-refractivity contribution in [2.45, 2.75) is 19.3 Å². The Bertz CT molecular complexity index is 57.2. The highest BCUT2D eigenvalue weighted by molar-refractivity contribution is 7.80. The third-order valence-corrected chi connectivity index (χ3v) is 1.14. The summed E-state index contributed by atoms with van der Waals surface area (Å²) in [6.07, 6.45) is 2.65. The van der Waals surface area contributed by atoms with E-state index in [1.807, 2.05) is 0 Å². The summed E-state index contributed by atoms with van der Waals surface area (Å²) in [5.41, 5.74) is 0. The molecule has 0 saturated carbocycles. The molecule has 0 aliphatic carbocycles. The lowest BCUT2D eigenvalue weighted by atomic mass is 10.2. The lowest BCUT2D eigenvalue weighted by Gasteiger charge is -1.91. The molecule has 0 aliphatic rings. The van der Waals surface area contributed by atoms with Gasteiger partial charge < -0.3 is 0 Å². The normalized spacial score (nSPS) is 8.86. The lowest BCUT2D eigenvalue weighted by molar-refractivity contribution is 1.09. The van der Waals surface area contributed by atoms with E-state index >= 15 is 0 Å². The Morgan fingerprint density at radius 3 is 2.14 bits per heavy atom. The molecule has 0 unspecified atom stereocenters. The molecule has 0 saturated heterocycles. The van der Waals surface area contributed by atoms with E-state index in [4.69, 9.17) is 12.2 Å². The van der Waals surface area contributed by atoms with E-state index in [0.717, 1.165) is 24.1 Å². The topological polar surface area (TPSA) is 0 Å². The highest BCUT2D eigenvalue weighted by Crippen LogP contribution is 1.93. The Kier molecular flexibility index (Phi) is 4.31. The summed E-state index contributed by atoms with van der Waals surface area (Å²) in [6.45, 7) is 7.29. The molecule has 0 spiro atoms. The second kappa shape index (κ2) is 4.25. The number of thiocarbonyl (C=S) groups is 1. The van der Waals surface area contributed by atoms with Crippen molar-refractivity contribution in [2.75, 3.05) is 0 Å². The quantitative estimate of drug-likeness (QED) is 0.507. The smallest absolute Gasteiger partial charge is 0.00715 e. The van der Waals surface area contributed by atoms with E-state index < -0.39 is 0 Å². The predicted octanol–water partition coefficient (Wildman–Crippen LogP) is 2.19. The molecule has 0 rings (SSSR count). The van der Waals surface area contributed by atoms with E-state index in [1.165, 1.54) is 0 Å². The van der Waals surface area contributed by atoms with Gasteiger partial charge in [-0.3, -0.25) is 0 Å². The summed E-state index contributed by atoms with van der Waals surface area (Å²) in [7, 11) is 0. The van der Waals surface area contributed by atoms with Crippen LogP contribution in [-0.4, -0.2) is 4.86 Å². The maximum Gasteiger partial charge on any atom is -0.00715 e. The van der Waals surface area contributed by atoms with Crippen molar-refractivity contribution < 1.29 is 0 Å². The van der Waals surface area contributed by atoms with Gasteiger partial charge in [0.25, 0.3) is 0 Å². The summed E-state index contributed by atoms with van der Waals surface area (Å²) in [5.74, 6) is 0. The van der Waals surface area contributed by atoms with Crippen LogP contribution in [-0.2, 0) is 0 Å². The molecule has 0 atom stereocenters. The molecular formula is C6H10S. The lowest BCUT2D eigenvalue weighted by Crippen LogP contribution is -1.87. The Hall–Kier alpha value is 0.0900. The molecule has 7 heavy (non-hydrogen) atoms. The van der Waals surface area contributed by atoms with Gasteiger partial charge in [-0.05, 0) is 31.1 Å². The summed E-state index contributed by atoms with van der Waals surface area (Å²) in [5, 5.41) is 0. The second-order valence-electron chi connectivity index (χ2n) is 1.39. The SMILES string of the molecule is [CH2]CCC(=S)C[CH2]. The van der Waals surface area contributed by atoms with Crippen LogP contribution in [0, 0.1) is 13.8 Å². The van der Waals surface area contributed by atoms with Gasteiger partial charge in [-0.15, -0.1) is 0 Å². The Morgan fingerprint density at radius 1 is 1.43 bits per heavy atom. The molecule has 40 valence electrons. The largest absolute Gasteiger partial charge is 0.0897 e. The van der Waals surface area contributed by atoms with Crippen LogP contribution in [0.5, 0.6) is 0 Å². The molecule has 0 fully saturated rings. The van der Waals surface area contributed by atoms with Crippen molar-refractivity contribution in [3.8, 4) is 0 Å². The zero-order valence-electron chi connectivity index (χ0n) is 4.44. The van der Waals surface area contributed by atoms with Gasteiger partial charge in [0.2, 0.25) is 0 Å². The van der Waals surface area contributed by atoms with E-state index in [9.17, 15) is 0 Å². The average molecular weight is 114 g/mol. The van der Waals surface area contributed by atoms with Gasteiger partial charge >= 0.3 is 0 Å². The minimum Gasteiger partial charge on any atom is -0.0897 e. The molecule has 1 heteroatoms. The van der Waals surface area contributed by atoms with Gasteiger partial charge in [0.15, 0.2) is 0 Å². The highest BCUT2D eigenvalue weighted by Gasteiger charge is 1.86. The third-order valence-electron chi connectivity index (χ3n) is 0.734. The molecule has 0 bridgehead atoms. The van der Waals surface area contributed by atoms with Crippen molar-refractivity contribution in [3.63, 3.8) is 0 Å². The van der Waals surface area contributed by atoms with E-state index in [0.29, 0.717) is 0 Å². The molecule has 0 aliphatic heterocycles. The Morgan fingerprint density at radius 2 is 2.00 bits per heavy atom. The van der Waals surface area contributed by atoms with Crippen LogP contribution in [0.3, 0.4) is 0 Å². The minimum atomic E-state index is 0.783. The molecule has 0 N–H and O–H groups in total. The van der Waals surface area contributed by atoms with E-state index in [2.05, 4.69) is 13.8 Å². The first-order valence-electron chi connectivity index (χ1n) is 2.41. The van der Waals surface area contributed by atoms with Crippen molar-refractivity contribution >= 4 is 17.1 Å². The molecule has 0 amide bonds. The molecule has 0 nitrogen and oxygen atoms in total. The molecule has 0 aromatic carbocycles. The molecular weight excluding hydrogens is 104 g/mol. The standard InChI is InChI=1S/C6H10S/c1-3-5-6(7)4-2/h1-5H2. The fourth-order valence-electron chi connectivity index (χ4n) is 0.322. The molecule has 0 aromatic heterocycles. The summed E-state index contributed by atoms with van der Waals surface area (Å²) >= 11 is 4.85. The van der Waals surface area contributed by atoms with Gasteiger partial charge in [0.05, 0.1) is 0 Å². The van der Waals surface area contributed by atoms with Gasteiger partial charge in [-0.1, -0.05) is 19.1 Å². The van der Waals surface area contributed by atoms with Crippen LogP contribution in [0.4, 0.5) is 0 Å². The van der Waals surface area contributed by atoms with Crippen molar-refractivity contribution in [1.29, 1.82) is 0 Å². The number of hydrogen-bond donors (Lipinski definition) is 0. The van der Waals surface area contributed by atoms with Gasteiger partial charge in [0, 0.05) is 0 Å². The number of rotatable bonds is 3. The van der Waals surface area contributed by atoms with Gasteiger partial charge in [-0.25, -0.2) is 0 Å². The Labute approximate surface area is 50.9 Å². The maximum absolute atomic E-state index is 4.85. The maximum atomic E-state index is 4.85. The minimum absolute atomic E-state index is 0.783. The first kappa shape index (κ1) is 7.09. The fraction of sp³-hybridized carbons (Fsp3) is 0.500. The zero-order chi connectivity index (χ0) is 5.70. The fourth-order valence-corrected chi connectivity index (χ4v) is 0.467. The zero-order valence-corrected chi connectivity index (χ0v) is 5.26. The summed E-state index contributed by atoms with van der Waals surface area (Å²) in [4.78, 5) is 1.04. The van der Waals surface area contributed by atoms with Gasteiger partial charge in [-0.2, -0.15) is 0 Å². The van der Waals surface area contributed by atoms with Crippen LogP contribution < -0.4 is 0 Å². The first-order chi connectivity index (χ1) is 3.31. The summed E-state index contributed by atoms with van der Waals surface area (Å²) < 4.78 is 0. The highest BCUT2D eigenvalue weighted by atomic mass is 32.1. The van der Waals surface area contributed by atoms with Crippen LogP contribution >= 0.6 is 12.2 Å². The van der Waals surface area contributed by atoms with Crippen molar-refractivity contribution in [2.24, 2.45) is 0 Å². The van der Waals surface area contributed by atoms with Crippen LogP contribution in [0.25, 0.3) is 0 Å². The second-order valence-corrected chi connectivity index (χ2v) is 1.97. The third kappa shape index (κ3) is 3.93. The average Bonchev–Trinajstić information content (AvgIpc) is 1.68. The van der Waals surface area contributed by atoms with E-state index in [1.54, 1.807) is 0 Å². The van der Waals surface area contributed by atoms with Crippen LogP contribution in [0.2, 0.25) is 0 Å². The molecule has 0 aromatic rings. The van der Waals surface area contributed by atoms with Gasteiger partial charge in [0.1, 0.15) is 0 Å². The van der Waals surface area contributed by atoms with Crippen LogP contribution in [0.1, 0.15) is 19.3 Å². The predicted molar refractivity (Wildman–Crippen MR) is 37.2 cm³/mol. The van der Waals surface area contributed by atoms with E-state index in [-0.39, 0.29) is 0 Å². The Balaban J connectivity index is 3.00. The monoisotopic (exact) mass is 114 g/mol. The molecule has 2 radical (unpaired) electrons. The van der Waals surface area contributed by atoms with Crippen molar-refractivity contribution in [1.82, 2.24) is 0 Å². The number of hydrogen-bond acceptors (Lipinski definition) is 1. The first-order valence-corrected chi connectivity index (χ1v) is 2.82. The summed E-state index contributed by atoms with van der Waals surface area (Å²) in [6, 6.07) is 0. The van der Waals surface area contributed by atoms with Crippen LogP contribution in [0.15, 0.2) is 0 Å². The van der Waals surface area contributed by atoms with Crippen molar-refractivity contribution in [3.05, 3.63) is 13.8 Å². The molecule has 0 heterocycles.